The number of rotatable bonds is 8. The number of carbonyl (C=O) groups excluding carboxylic acids is 1. The second kappa shape index (κ2) is 10.3. The normalized spacial score (nSPS) is 15.3. The van der Waals surface area contributed by atoms with E-state index in [0.717, 1.165) is 30.4 Å². The molecule has 3 aromatic carbocycles. The average Bonchev–Trinajstić information content (AvgIpc) is 2.82. The lowest BCUT2D eigenvalue weighted by Crippen LogP contribution is -2.34. The second-order valence-corrected chi connectivity index (χ2v) is 10.7. The van der Waals surface area contributed by atoms with Crippen LogP contribution in [0, 0.1) is 6.92 Å². The van der Waals surface area contributed by atoms with Crippen molar-refractivity contribution in [3.8, 4) is 5.75 Å². The summed E-state index contributed by atoms with van der Waals surface area (Å²) >= 11 is 0. The zero-order valence-electron chi connectivity index (χ0n) is 19.5. The Morgan fingerprint density at radius 2 is 1.74 bits per heavy atom. The fourth-order valence-electron chi connectivity index (χ4n) is 4.26. The van der Waals surface area contributed by atoms with Gasteiger partial charge in [0.05, 0.1) is 24.5 Å². The van der Waals surface area contributed by atoms with Crippen LogP contribution in [0.5, 0.6) is 5.75 Å². The lowest BCUT2D eigenvalue weighted by atomic mass is 9.88. The van der Waals surface area contributed by atoms with Gasteiger partial charge in [-0.3, -0.25) is 9.10 Å². The molecule has 4 rings (SSSR count). The minimum atomic E-state index is -3.48. The van der Waals surface area contributed by atoms with E-state index < -0.39 is 10.0 Å². The van der Waals surface area contributed by atoms with Gasteiger partial charge in [0.25, 0.3) is 5.91 Å². The van der Waals surface area contributed by atoms with Gasteiger partial charge in [0.1, 0.15) is 5.75 Å². The number of aryl methyl sites for hydroxylation is 2. The van der Waals surface area contributed by atoms with E-state index in [0.29, 0.717) is 11.4 Å². The number of anilines is 1. The Morgan fingerprint density at radius 3 is 2.44 bits per heavy atom. The predicted octanol–water partition coefficient (Wildman–Crippen LogP) is 4.53. The maximum atomic E-state index is 12.5. The van der Waals surface area contributed by atoms with Gasteiger partial charge in [-0.05, 0) is 67.1 Å². The number of benzene rings is 3. The van der Waals surface area contributed by atoms with E-state index in [4.69, 9.17) is 4.74 Å². The van der Waals surface area contributed by atoms with Crippen LogP contribution in [0.25, 0.3) is 0 Å². The summed E-state index contributed by atoms with van der Waals surface area (Å²) in [4.78, 5) is 12.5. The van der Waals surface area contributed by atoms with E-state index >= 15 is 0 Å². The van der Waals surface area contributed by atoms with E-state index in [-0.39, 0.29) is 25.1 Å². The van der Waals surface area contributed by atoms with Gasteiger partial charge in [0.15, 0.2) is 6.61 Å². The van der Waals surface area contributed by atoms with Crippen molar-refractivity contribution in [1.82, 2.24) is 5.32 Å². The quantitative estimate of drug-likeness (QED) is 0.516. The topological polar surface area (TPSA) is 75.7 Å². The monoisotopic (exact) mass is 478 g/mol. The third-order valence-corrected chi connectivity index (χ3v) is 7.19. The van der Waals surface area contributed by atoms with Crippen molar-refractivity contribution < 1.29 is 17.9 Å². The van der Waals surface area contributed by atoms with Gasteiger partial charge in [-0.15, -0.1) is 0 Å². The summed E-state index contributed by atoms with van der Waals surface area (Å²) < 4.78 is 31.9. The van der Waals surface area contributed by atoms with Crippen LogP contribution in [0.3, 0.4) is 0 Å². The van der Waals surface area contributed by atoms with Gasteiger partial charge in [-0.1, -0.05) is 54.1 Å². The number of ether oxygens (including phenoxy) is 1. The van der Waals surface area contributed by atoms with Gasteiger partial charge in [-0.2, -0.15) is 0 Å². The number of nitrogens with one attached hydrogen (secondary N) is 1. The highest BCUT2D eigenvalue weighted by atomic mass is 32.2. The van der Waals surface area contributed by atoms with Crippen LogP contribution in [0.4, 0.5) is 5.69 Å². The van der Waals surface area contributed by atoms with Gasteiger partial charge in [0, 0.05) is 0 Å². The van der Waals surface area contributed by atoms with E-state index in [1.54, 1.807) is 24.3 Å². The van der Waals surface area contributed by atoms with Crippen LogP contribution in [0.15, 0.2) is 72.8 Å². The Hall–Kier alpha value is -3.32. The number of hydrogen-bond acceptors (Lipinski definition) is 4. The summed E-state index contributed by atoms with van der Waals surface area (Å²) in [6.45, 7) is 2.13. The van der Waals surface area contributed by atoms with E-state index in [1.165, 1.54) is 21.7 Å². The summed E-state index contributed by atoms with van der Waals surface area (Å²) in [7, 11) is -3.48. The number of hydrogen-bond donors (Lipinski definition) is 1. The summed E-state index contributed by atoms with van der Waals surface area (Å²) in [6, 6.07) is 22.8. The molecule has 0 aliphatic heterocycles. The Morgan fingerprint density at radius 1 is 1.03 bits per heavy atom. The molecule has 0 saturated heterocycles. The molecule has 0 fully saturated rings. The minimum absolute atomic E-state index is 0.00789. The largest absolute Gasteiger partial charge is 0.484 e. The molecule has 1 amide bonds. The molecule has 1 N–H and O–H groups in total. The Bertz CT molecular complexity index is 1240. The molecule has 34 heavy (non-hydrogen) atoms. The van der Waals surface area contributed by atoms with Gasteiger partial charge >= 0.3 is 0 Å². The smallest absolute Gasteiger partial charge is 0.258 e. The number of fused-ring (bicyclic) bond motifs is 1. The first kappa shape index (κ1) is 23.8. The minimum Gasteiger partial charge on any atom is -0.484 e. The number of carbonyl (C=O) groups is 1. The molecule has 0 saturated carbocycles. The molecule has 0 heterocycles. The molecule has 1 aliphatic rings. The highest BCUT2D eigenvalue weighted by Gasteiger charge is 2.22. The highest BCUT2D eigenvalue weighted by Crippen LogP contribution is 2.29. The SMILES string of the molecule is Cc1ccc(CN(c2ccc(OCC(=O)NC3CCCc4ccccc43)cc2)S(C)(=O)=O)cc1. The van der Waals surface area contributed by atoms with Crippen LogP contribution < -0.4 is 14.4 Å². The van der Waals surface area contributed by atoms with E-state index in [2.05, 4.69) is 17.4 Å². The third-order valence-electron chi connectivity index (χ3n) is 6.05. The van der Waals surface area contributed by atoms with Crippen LogP contribution in [0.1, 0.15) is 41.1 Å². The molecular formula is C27H30N2O4S. The Balaban J connectivity index is 1.37. The molecule has 6 nitrogen and oxygen atoms in total. The van der Waals surface area contributed by atoms with Gasteiger partial charge in [-0.25, -0.2) is 8.42 Å². The summed E-state index contributed by atoms with van der Waals surface area (Å²) in [6.07, 6.45) is 4.20. The third kappa shape index (κ3) is 5.97. The van der Waals surface area contributed by atoms with Gasteiger partial charge in [0.2, 0.25) is 10.0 Å². The average molecular weight is 479 g/mol. The Labute approximate surface area is 201 Å². The molecule has 178 valence electrons. The van der Waals surface area contributed by atoms with Crippen molar-refractivity contribution in [2.24, 2.45) is 0 Å². The number of nitrogens with zero attached hydrogens (tertiary/aromatic N) is 1. The van der Waals surface area contributed by atoms with E-state index in [1.807, 2.05) is 43.3 Å². The molecule has 0 radical (unpaired) electrons. The van der Waals surface area contributed by atoms with Crippen molar-refractivity contribution in [1.29, 1.82) is 0 Å². The number of amides is 1. The molecule has 1 unspecified atom stereocenters. The number of sulfonamides is 1. The Kier molecular flexibility index (Phi) is 7.22. The molecule has 0 spiro atoms. The van der Waals surface area contributed by atoms with Crippen LogP contribution >= 0.6 is 0 Å². The summed E-state index contributed by atoms with van der Waals surface area (Å²) in [5.74, 6) is 0.328. The molecule has 1 aliphatic carbocycles. The lowest BCUT2D eigenvalue weighted by molar-refractivity contribution is -0.123. The maximum Gasteiger partial charge on any atom is 0.258 e. The zero-order chi connectivity index (χ0) is 24.1. The first-order chi connectivity index (χ1) is 16.3. The zero-order valence-corrected chi connectivity index (χ0v) is 20.3. The fourth-order valence-corrected chi connectivity index (χ4v) is 5.14. The predicted molar refractivity (Wildman–Crippen MR) is 134 cm³/mol. The first-order valence-corrected chi connectivity index (χ1v) is 13.3. The van der Waals surface area contributed by atoms with Crippen molar-refractivity contribution in [3.63, 3.8) is 0 Å². The molecule has 0 bridgehead atoms. The molecule has 1 atom stereocenters. The lowest BCUT2D eigenvalue weighted by Gasteiger charge is -2.26. The first-order valence-electron chi connectivity index (χ1n) is 11.4. The van der Waals surface area contributed by atoms with Crippen molar-refractivity contribution in [3.05, 3.63) is 95.1 Å². The van der Waals surface area contributed by atoms with Gasteiger partial charge < -0.3 is 10.1 Å². The summed E-state index contributed by atoms with van der Waals surface area (Å²) in [5, 5.41) is 3.07. The standard InChI is InChI=1S/C27H30N2O4S/c1-20-10-12-21(13-11-20)18-29(34(2,31)32)23-14-16-24(17-15-23)33-19-27(30)28-26-9-5-7-22-6-3-4-8-25(22)26/h3-4,6,8,10-17,26H,5,7,9,18-19H2,1-2H3,(H,28,30). The maximum absolute atomic E-state index is 12.5. The van der Waals surface area contributed by atoms with Crippen molar-refractivity contribution in [2.75, 3.05) is 17.2 Å². The van der Waals surface area contributed by atoms with Crippen LogP contribution in [-0.2, 0) is 27.8 Å². The molecule has 3 aromatic rings. The van der Waals surface area contributed by atoms with Crippen molar-refractivity contribution in [2.45, 2.75) is 38.8 Å². The van der Waals surface area contributed by atoms with E-state index in [9.17, 15) is 13.2 Å². The molecule has 0 aromatic heterocycles. The second-order valence-electron chi connectivity index (χ2n) is 8.75. The highest BCUT2D eigenvalue weighted by molar-refractivity contribution is 7.92. The molecule has 7 heteroatoms. The van der Waals surface area contributed by atoms with Crippen molar-refractivity contribution >= 4 is 21.6 Å². The summed E-state index contributed by atoms with van der Waals surface area (Å²) in [5.41, 5.74) is 5.03. The van der Waals surface area contributed by atoms with Crippen LogP contribution in [-0.4, -0.2) is 27.2 Å². The van der Waals surface area contributed by atoms with Crippen LogP contribution in [0.2, 0.25) is 0 Å². The fraction of sp³-hybridized carbons (Fsp3) is 0.296. The molecular weight excluding hydrogens is 448 g/mol.